The number of rotatable bonds is 4. The average molecular weight is 250 g/mol. The van der Waals surface area contributed by atoms with Crippen LogP contribution in [0.15, 0.2) is 16.8 Å². The second-order valence-corrected chi connectivity index (χ2v) is 5.11. The molecule has 1 aliphatic carbocycles. The SMILES string of the molecule is N#CC1(C(=O)NCC(O)c2ccsc2)CCC1. The van der Waals surface area contributed by atoms with Crippen LogP contribution in [0.1, 0.15) is 30.9 Å². The first-order valence-electron chi connectivity index (χ1n) is 5.58. The molecule has 2 N–H and O–H groups in total. The van der Waals surface area contributed by atoms with Gasteiger partial charge < -0.3 is 10.4 Å². The van der Waals surface area contributed by atoms with E-state index in [9.17, 15) is 9.90 Å². The molecule has 0 aliphatic heterocycles. The van der Waals surface area contributed by atoms with Crippen LogP contribution >= 0.6 is 11.3 Å². The summed E-state index contributed by atoms with van der Waals surface area (Å²) in [6.07, 6.45) is 1.49. The van der Waals surface area contributed by atoms with Crippen LogP contribution < -0.4 is 5.32 Å². The highest BCUT2D eigenvalue weighted by Crippen LogP contribution is 2.40. The molecule has 0 bridgehead atoms. The van der Waals surface area contributed by atoms with Gasteiger partial charge in [-0.2, -0.15) is 16.6 Å². The van der Waals surface area contributed by atoms with Gasteiger partial charge in [-0.1, -0.05) is 0 Å². The Balaban J connectivity index is 1.87. The van der Waals surface area contributed by atoms with Gasteiger partial charge in [0.1, 0.15) is 5.41 Å². The highest BCUT2D eigenvalue weighted by Gasteiger charge is 2.44. The van der Waals surface area contributed by atoms with E-state index in [0.29, 0.717) is 12.8 Å². The quantitative estimate of drug-likeness (QED) is 0.852. The molecule has 1 heterocycles. The van der Waals surface area contributed by atoms with Crippen LogP contribution in [-0.2, 0) is 4.79 Å². The first-order chi connectivity index (χ1) is 8.18. The zero-order valence-corrected chi connectivity index (χ0v) is 10.2. The molecule has 1 atom stereocenters. The molecule has 5 heteroatoms. The third-order valence-corrected chi connectivity index (χ3v) is 3.94. The average Bonchev–Trinajstić information content (AvgIpc) is 2.78. The molecule has 0 aromatic carbocycles. The summed E-state index contributed by atoms with van der Waals surface area (Å²) in [5, 5.41) is 25.2. The lowest BCUT2D eigenvalue weighted by Gasteiger charge is -2.33. The van der Waals surface area contributed by atoms with Crippen LogP contribution in [-0.4, -0.2) is 17.6 Å². The Morgan fingerprint density at radius 1 is 1.71 bits per heavy atom. The third-order valence-electron chi connectivity index (χ3n) is 3.24. The van der Waals surface area contributed by atoms with Gasteiger partial charge in [-0.25, -0.2) is 0 Å². The summed E-state index contributed by atoms with van der Waals surface area (Å²) in [5.41, 5.74) is -0.0381. The number of nitrogens with zero attached hydrogens (tertiary/aromatic N) is 1. The van der Waals surface area contributed by atoms with E-state index < -0.39 is 11.5 Å². The van der Waals surface area contributed by atoms with E-state index in [-0.39, 0.29) is 12.5 Å². The number of thiophene rings is 1. The maximum absolute atomic E-state index is 11.8. The molecular formula is C12H14N2O2S. The van der Waals surface area contributed by atoms with Gasteiger partial charge in [-0.15, -0.1) is 0 Å². The van der Waals surface area contributed by atoms with Crippen LogP contribution in [0.25, 0.3) is 0 Å². The molecule has 0 spiro atoms. The normalized spacial score (nSPS) is 18.8. The molecule has 0 saturated heterocycles. The largest absolute Gasteiger partial charge is 0.387 e. The Bertz CT molecular complexity index is 432. The number of nitriles is 1. The second-order valence-electron chi connectivity index (χ2n) is 4.33. The molecule has 4 nitrogen and oxygen atoms in total. The number of carbonyl (C=O) groups excluding carboxylic acids is 1. The Kier molecular flexibility index (Phi) is 3.46. The minimum absolute atomic E-state index is 0.166. The predicted molar refractivity (Wildman–Crippen MR) is 64.2 cm³/mol. The molecule has 2 rings (SSSR count). The number of carbonyl (C=O) groups is 1. The second kappa shape index (κ2) is 4.86. The minimum Gasteiger partial charge on any atom is -0.387 e. The molecule has 1 aliphatic rings. The lowest BCUT2D eigenvalue weighted by Crippen LogP contribution is -2.45. The van der Waals surface area contributed by atoms with E-state index >= 15 is 0 Å². The summed E-state index contributed by atoms with van der Waals surface area (Å²) in [6.45, 7) is 0.166. The number of nitrogens with one attached hydrogen (secondary N) is 1. The number of hydrogen-bond donors (Lipinski definition) is 2. The van der Waals surface area contributed by atoms with E-state index in [4.69, 9.17) is 5.26 Å². The lowest BCUT2D eigenvalue weighted by molar-refractivity contribution is -0.132. The first-order valence-corrected chi connectivity index (χ1v) is 6.52. The number of aliphatic hydroxyl groups excluding tert-OH is 1. The van der Waals surface area contributed by atoms with Crippen molar-refractivity contribution in [3.63, 3.8) is 0 Å². The zero-order valence-electron chi connectivity index (χ0n) is 9.35. The Morgan fingerprint density at radius 2 is 2.47 bits per heavy atom. The molecule has 1 fully saturated rings. The van der Waals surface area contributed by atoms with Gasteiger partial charge in [-0.3, -0.25) is 4.79 Å². The third kappa shape index (κ3) is 2.33. The smallest absolute Gasteiger partial charge is 0.240 e. The maximum Gasteiger partial charge on any atom is 0.240 e. The zero-order chi connectivity index (χ0) is 12.3. The fraction of sp³-hybridized carbons (Fsp3) is 0.500. The summed E-state index contributed by atoms with van der Waals surface area (Å²) in [4.78, 5) is 11.8. The molecule has 1 aromatic rings. The van der Waals surface area contributed by atoms with Crippen molar-refractivity contribution in [3.05, 3.63) is 22.4 Å². The van der Waals surface area contributed by atoms with Crippen molar-refractivity contribution < 1.29 is 9.90 Å². The van der Waals surface area contributed by atoms with Crippen molar-refractivity contribution in [1.29, 1.82) is 5.26 Å². The number of amides is 1. The summed E-state index contributed by atoms with van der Waals surface area (Å²) in [5.74, 6) is -0.250. The monoisotopic (exact) mass is 250 g/mol. The molecule has 1 aromatic heterocycles. The standard InChI is InChI=1S/C12H14N2O2S/c13-8-12(3-1-4-12)11(16)14-6-10(15)9-2-5-17-7-9/h2,5,7,10,15H,1,3-4,6H2,(H,14,16). The van der Waals surface area contributed by atoms with Crippen LogP contribution in [0.3, 0.4) is 0 Å². The van der Waals surface area contributed by atoms with Crippen molar-refractivity contribution >= 4 is 17.2 Å². The van der Waals surface area contributed by atoms with Gasteiger partial charge in [0.15, 0.2) is 0 Å². The fourth-order valence-electron chi connectivity index (χ4n) is 1.86. The van der Waals surface area contributed by atoms with Gasteiger partial charge in [0, 0.05) is 6.54 Å². The maximum atomic E-state index is 11.8. The lowest BCUT2D eigenvalue weighted by atomic mass is 9.69. The molecule has 0 radical (unpaired) electrons. The van der Waals surface area contributed by atoms with Gasteiger partial charge in [-0.05, 0) is 41.7 Å². The van der Waals surface area contributed by atoms with E-state index in [1.807, 2.05) is 16.8 Å². The van der Waals surface area contributed by atoms with Crippen molar-refractivity contribution in [1.82, 2.24) is 5.32 Å². The van der Waals surface area contributed by atoms with Crippen molar-refractivity contribution in [3.8, 4) is 6.07 Å². The van der Waals surface area contributed by atoms with E-state index in [1.165, 1.54) is 11.3 Å². The number of hydrogen-bond acceptors (Lipinski definition) is 4. The Labute approximate surface area is 104 Å². The van der Waals surface area contributed by atoms with Crippen LogP contribution in [0.2, 0.25) is 0 Å². The summed E-state index contributed by atoms with van der Waals surface area (Å²) >= 11 is 1.50. The summed E-state index contributed by atoms with van der Waals surface area (Å²) in [6, 6.07) is 3.91. The van der Waals surface area contributed by atoms with Gasteiger partial charge >= 0.3 is 0 Å². The number of aliphatic hydroxyl groups is 1. The van der Waals surface area contributed by atoms with Crippen LogP contribution in [0.5, 0.6) is 0 Å². The highest BCUT2D eigenvalue weighted by atomic mass is 32.1. The van der Waals surface area contributed by atoms with Crippen molar-refractivity contribution in [2.45, 2.75) is 25.4 Å². The molecule has 90 valence electrons. The van der Waals surface area contributed by atoms with Gasteiger partial charge in [0.05, 0.1) is 12.2 Å². The van der Waals surface area contributed by atoms with E-state index in [1.54, 1.807) is 0 Å². The molecule has 17 heavy (non-hydrogen) atoms. The highest BCUT2D eigenvalue weighted by molar-refractivity contribution is 7.07. The topological polar surface area (TPSA) is 73.1 Å². The Hall–Kier alpha value is -1.38. The summed E-state index contributed by atoms with van der Waals surface area (Å²) in [7, 11) is 0. The van der Waals surface area contributed by atoms with E-state index in [0.717, 1.165) is 12.0 Å². The van der Waals surface area contributed by atoms with E-state index in [2.05, 4.69) is 11.4 Å². The summed E-state index contributed by atoms with van der Waals surface area (Å²) < 4.78 is 0. The van der Waals surface area contributed by atoms with Crippen LogP contribution in [0, 0.1) is 16.7 Å². The van der Waals surface area contributed by atoms with Crippen LogP contribution in [0.4, 0.5) is 0 Å². The van der Waals surface area contributed by atoms with Crippen molar-refractivity contribution in [2.24, 2.45) is 5.41 Å². The van der Waals surface area contributed by atoms with Crippen molar-refractivity contribution in [2.75, 3.05) is 6.54 Å². The molecule has 1 amide bonds. The first kappa shape index (κ1) is 12.1. The fourth-order valence-corrected chi connectivity index (χ4v) is 2.57. The molecule has 1 saturated carbocycles. The molecule has 1 unspecified atom stereocenters. The van der Waals surface area contributed by atoms with Gasteiger partial charge in [0.25, 0.3) is 0 Å². The minimum atomic E-state index is -0.839. The predicted octanol–water partition coefficient (Wildman–Crippen LogP) is 1.59. The molecular weight excluding hydrogens is 236 g/mol. The van der Waals surface area contributed by atoms with Gasteiger partial charge in [0.2, 0.25) is 5.91 Å². The Morgan fingerprint density at radius 3 is 2.94 bits per heavy atom.